The van der Waals surface area contributed by atoms with Crippen LogP contribution >= 0.6 is 11.3 Å². The van der Waals surface area contributed by atoms with Crippen molar-refractivity contribution in [1.82, 2.24) is 9.38 Å². The van der Waals surface area contributed by atoms with Gasteiger partial charge in [-0.2, -0.15) is 0 Å². The van der Waals surface area contributed by atoms with Crippen molar-refractivity contribution in [2.75, 3.05) is 14.2 Å². The molecule has 4 aromatic rings. The van der Waals surface area contributed by atoms with Crippen molar-refractivity contribution in [2.45, 2.75) is 6.92 Å². The summed E-state index contributed by atoms with van der Waals surface area (Å²) in [7, 11) is 2.92. The summed E-state index contributed by atoms with van der Waals surface area (Å²) in [5.41, 5.74) is 3.44. The molecule has 0 saturated carbocycles. The number of hydrogen-bond acceptors (Lipinski definition) is 6. The number of aryl methyl sites for hydroxylation is 1. The number of hydrogen-bond donors (Lipinski definition) is 1. The van der Waals surface area contributed by atoms with Gasteiger partial charge in [0.2, 0.25) is 5.75 Å². The number of fused-ring (bicyclic) bond motifs is 1. The fourth-order valence-electron chi connectivity index (χ4n) is 3.02. The molecule has 28 heavy (non-hydrogen) atoms. The van der Waals surface area contributed by atoms with Crippen molar-refractivity contribution in [3.63, 3.8) is 0 Å². The number of methoxy groups -OCH3 is 2. The zero-order valence-electron chi connectivity index (χ0n) is 15.6. The van der Waals surface area contributed by atoms with Crippen LogP contribution in [0.15, 0.2) is 47.4 Å². The fourth-order valence-corrected chi connectivity index (χ4v) is 3.98. The third kappa shape index (κ3) is 3.10. The molecule has 6 nitrogen and oxygen atoms in total. The second-order valence-corrected chi connectivity index (χ2v) is 7.35. The Morgan fingerprint density at radius 1 is 1.14 bits per heavy atom. The first-order valence-electron chi connectivity index (χ1n) is 8.56. The molecule has 0 saturated heterocycles. The summed E-state index contributed by atoms with van der Waals surface area (Å²) in [4.78, 5) is 18.0. The van der Waals surface area contributed by atoms with Crippen LogP contribution in [0.2, 0.25) is 0 Å². The van der Waals surface area contributed by atoms with Gasteiger partial charge in [0.05, 0.1) is 24.4 Å². The fraction of sp³-hybridized carbons (Fsp3) is 0.143. The lowest BCUT2D eigenvalue weighted by Gasteiger charge is -2.09. The van der Waals surface area contributed by atoms with Gasteiger partial charge in [-0.3, -0.25) is 9.20 Å². The predicted molar refractivity (Wildman–Crippen MR) is 110 cm³/mol. The average molecular weight is 394 g/mol. The van der Waals surface area contributed by atoms with E-state index in [1.165, 1.54) is 25.6 Å². The van der Waals surface area contributed by atoms with Crippen LogP contribution in [0.3, 0.4) is 0 Å². The Kier molecular flexibility index (Phi) is 4.52. The van der Waals surface area contributed by atoms with E-state index >= 15 is 0 Å². The lowest BCUT2D eigenvalue weighted by Crippen LogP contribution is -2.22. The van der Waals surface area contributed by atoms with E-state index in [1.807, 2.05) is 31.2 Å². The molecule has 142 valence electrons. The van der Waals surface area contributed by atoms with E-state index in [2.05, 4.69) is 4.98 Å². The standard InChI is InChI=1S/C21H18N2O4S/c1-12-5-4-6-14(7-12)15-11-23-20(25)18(28-21(23)22-15)10-13-8-16(26-2)19(24)17(9-13)27-3/h4-11,24H,1-3H3/b18-10-. The zero-order valence-corrected chi connectivity index (χ0v) is 16.4. The molecule has 0 atom stereocenters. The summed E-state index contributed by atoms with van der Waals surface area (Å²) in [6.45, 7) is 2.02. The van der Waals surface area contributed by atoms with Crippen molar-refractivity contribution in [1.29, 1.82) is 0 Å². The highest BCUT2D eigenvalue weighted by Gasteiger charge is 2.13. The minimum absolute atomic E-state index is 0.0757. The van der Waals surface area contributed by atoms with Crippen molar-refractivity contribution in [3.05, 3.63) is 68.6 Å². The number of phenolic OH excluding ortho intramolecular Hbond substituents is 1. The lowest BCUT2D eigenvalue weighted by atomic mass is 10.1. The molecular weight excluding hydrogens is 376 g/mol. The maximum Gasteiger partial charge on any atom is 0.274 e. The Bertz CT molecular complexity index is 1260. The third-order valence-electron chi connectivity index (χ3n) is 4.42. The molecular formula is C21H18N2O4S. The van der Waals surface area contributed by atoms with Gasteiger partial charge in [0.1, 0.15) is 0 Å². The first-order valence-corrected chi connectivity index (χ1v) is 9.37. The summed E-state index contributed by atoms with van der Waals surface area (Å²) in [6.07, 6.45) is 3.50. The molecule has 7 heteroatoms. The monoisotopic (exact) mass is 394 g/mol. The summed E-state index contributed by atoms with van der Waals surface area (Å²) < 4.78 is 12.4. The number of thiazole rings is 1. The van der Waals surface area contributed by atoms with Crippen LogP contribution in [-0.2, 0) is 0 Å². The topological polar surface area (TPSA) is 73.1 Å². The smallest absolute Gasteiger partial charge is 0.274 e. The molecule has 0 amide bonds. The van der Waals surface area contributed by atoms with Gasteiger partial charge < -0.3 is 14.6 Å². The molecule has 0 aliphatic rings. The van der Waals surface area contributed by atoms with Gasteiger partial charge in [-0.15, -0.1) is 0 Å². The van der Waals surface area contributed by atoms with E-state index in [1.54, 1.807) is 28.8 Å². The van der Waals surface area contributed by atoms with Crippen LogP contribution in [0, 0.1) is 6.92 Å². The molecule has 0 spiro atoms. The first-order chi connectivity index (χ1) is 13.5. The Hall–Kier alpha value is -3.32. The Labute approximate surface area is 164 Å². The molecule has 0 aliphatic heterocycles. The number of aromatic hydroxyl groups is 1. The summed E-state index contributed by atoms with van der Waals surface area (Å²) in [5, 5.41) is 10.0. The largest absolute Gasteiger partial charge is 0.502 e. The van der Waals surface area contributed by atoms with Crippen LogP contribution in [0.25, 0.3) is 22.3 Å². The molecule has 2 aromatic heterocycles. The molecule has 2 heterocycles. The number of rotatable bonds is 4. The van der Waals surface area contributed by atoms with Gasteiger partial charge in [-0.25, -0.2) is 4.98 Å². The highest BCUT2D eigenvalue weighted by Crippen LogP contribution is 2.37. The average Bonchev–Trinajstić information content (AvgIpc) is 3.23. The van der Waals surface area contributed by atoms with Gasteiger partial charge >= 0.3 is 0 Å². The van der Waals surface area contributed by atoms with Crippen molar-refractivity contribution in [2.24, 2.45) is 0 Å². The second-order valence-electron chi connectivity index (χ2n) is 6.34. The number of nitrogens with zero attached hydrogens (tertiary/aromatic N) is 2. The number of benzene rings is 2. The van der Waals surface area contributed by atoms with Gasteiger partial charge in [0.15, 0.2) is 16.5 Å². The van der Waals surface area contributed by atoms with Gasteiger partial charge in [0.25, 0.3) is 5.56 Å². The highest BCUT2D eigenvalue weighted by atomic mass is 32.1. The van der Waals surface area contributed by atoms with Crippen LogP contribution in [0.1, 0.15) is 11.1 Å². The number of imidazole rings is 1. The van der Waals surface area contributed by atoms with Gasteiger partial charge in [-0.05, 0) is 36.8 Å². The van der Waals surface area contributed by atoms with Crippen LogP contribution < -0.4 is 19.6 Å². The molecule has 2 aromatic carbocycles. The molecule has 4 rings (SSSR count). The molecule has 0 unspecified atom stereocenters. The molecule has 0 aliphatic carbocycles. The molecule has 0 fully saturated rings. The maximum absolute atomic E-state index is 12.8. The normalized spacial score (nSPS) is 11.9. The van der Waals surface area contributed by atoms with E-state index in [-0.39, 0.29) is 22.8 Å². The minimum atomic E-state index is -0.141. The Morgan fingerprint density at radius 2 is 1.86 bits per heavy atom. The predicted octanol–water partition coefficient (Wildman–Crippen LogP) is 3.00. The maximum atomic E-state index is 12.8. The highest BCUT2D eigenvalue weighted by molar-refractivity contribution is 7.15. The SMILES string of the molecule is COc1cc(/C=c2\sc3nc(-c4cccc(C)c4)cn3c2=O)cc(OC)c1O. The summed E-state index contributed by atoms with van der Waals surface area (Å²) in [6, 6.07) is 11.3. The van der Waals surface area contributed by atoms with Crippen LogP contribution in [0.5, 0.6) is 17.2 Å². The quantitative estimate of drug-likeness (QED) is 0.576. The molecule has 0 radical (unpaired) electrons. The number of aromatic nitrogens is 2. The van der Waals surface area contributed by atoms with E-state index < -0.39 is 0 Å². The van der Waals surface area contributed by atoms with Crippen LogP contribution in [0.4, 0.5) is 0 Å². The van der Waals surface area contributed by atoms with E-state index in [0.29, 0.717) is 15.1 Å². The van der Waals surface area contributed by atoms with E-state index in [9.17, 15) is 9.90 Å². The summed E-state index contributed by atoms with van der Waals surface area (Å²) >= 11 is 1.31. The van der Waals surface area contributed by atoms with Gasteiger partial charge in [-0.1, -0.05) is 35.1 Å². The van der Waals surface area contributed by atoms with Crippen molar-refractivity contribution >= 4 is 22.4 Å². The van der Waals surface area contributed by atoms with Crippen molar-refractivity contribution in [3.8, 4) is 28.5 Å². The molecule has 1 N–H and O–H groups in total. The zero-order chi connectivity index (χ0) is 19.8. The van der Waals surface area contributed by atoms with E-state index in [4.69, 9.17) is 9.47 Å². The summed E-state index contributed by atoms with van der Waals surface area (Å²) in [5.74, 6) is 0.482. The first kappa shape index (κ1) is 18.1. The molecule has 0 bridgehead atoms. The second kappa shape index (κ2) is 7.01. The van der Waals surface area contributed by atoms with E-state index in [0.717, 1.165) is 16.8 Å². The number of ether oxygens (including phenoxy) is 2. The third-order valence-corrected chi connectivity index (χ3v) is 5.40. The Balaban J connectivity index is 1.81. The van der Waals surface area contributed by atoms with Crippen LogP contribution in [-0.4, -0.2) is 28.7 Å². The van der Waals surface area contributed by atoms with Gasteiger partial charge in [0, 0.05) is 11.8 Å². The Morgan fingerprint density at radius 3 is 2.46 bits per heavy atom. The lowest BCUT2D eigenvalue weighted by molar-refractivity contribution is 0.340. The minimum Gasteiger partial charge on any atom is -0.502 e. The number of phenols is 1. The van der Waals surface area contributed by atoms with Crippen molar-refractivity contribution < 1.29 is 14.6 Å².